The van der Waals surface area contributed by atoms with Crippen LogP contribution < -0.4 is 10.6 Å². The lowest BCUT2D eigenvalue weighted by Crippen LogP contribution is -2.32. The molecule has 0 aromatic heterocycles. The number of aromatic carboxylic acids is 1. The third-order valence-electron chi connectivity index (χ3n) is 3.20. The maximum atomic E-state index is 11.9. The number of nitro groups is 1. The van der Waals surface area contributed by atoms with Crippen LogP contribution in [0.25, 0.3) is 6.08 Å². The molecule has 0 aliphatic carbocycles. The Morgan fingerprint density at radius 1 is 1.22 bits per heavy atom. The fraction of sp³-hybridized carbons (Fsp3) is 0. The average molecular weight is 406 g/mol. The molecule has 0 spiro atoms. The molecule has 0 heterocycles. The zero-order valence-electron chi connectivity index (χ0n) is 13.5. The predicted molar refractivity (Wildman–Crippen MR) is 105 cm³/mol. The van der Waals surface area contributed by atoms with Crippen molar-refractivity contribution in [3.05, 3.63) is 74.8 Å². The molecule has 0 aliphatic heterocycles. The minimum atomic E-state index is -1.09. The fourth-order valence-corrected chi connectivity index (χ4v) is 2.40. The highest BCUT2D eigenvalue weighted by Gasteiger charge is 2.12. The van der Waals surface area contributed by atoms with E-state index in [2.05, 4.69) is 10.6 Å². The summed E-state index contributed by atoms with van der Waals surface area (Å²) in [6.45, 7) is 0. The van der Waals surface area contributed by atoms with Crippen LogP contribution in [0.2, 0.25) is 5.02 Å². The van der Waals surface area contributed by atoms with Gasteiger partial charge in [0.2, 0.25) is 5.91 Å². The van der Waals surface area contributed by atoms with E-state index in [0.29, 0.717) is 11.3 Å². The predicted octanol–water partition coefficient (Wildman–Crippen LogP) is 3.47. The maximum absolute atomic E-state index is 11.9. The van der Waals surface area contributed by atoms with Gasteiger partial charge in [0.15, 0.2) is 5.11 Å². The number of carbonyl (C=O) groups excluding carboxylic acids is 1. The second-order valence-electron chi connectivity index (χ2n) is 5.13. The number of thiocarbonyl (C=S) groups is 1. The number of hydrogen-bond donors (Lipinski definition) is 3. The van der Waals surface area contributed by atoms with Gasteiger partial charge in [-0.05, 0) is 48.1 Å². The quantitative estimate of drug-likeness (QED) is 0.301. The number of nitro benzene ring substituents is 1. The lowest BCUT2D eigenvalue weighted by atomic mass is 10.2. The van der Waals surface area contributed by atoms with Crippen molar-refractivity contribution in [2.24, 2.45) is 0 Å². The number of rotatable bonds is 5. The number of anilines is 1. The Morgan fingerprint density at radius 2 is 1.96 bits per heavy atom. The van der Waals surface area contributed by atoms with Crippen LogP contribution in [-0.4, -0.2) is 27.0 Å². The Kier molecular flexibility index (Phi) is 6.58. The Hall–Kier alpha value is -3.30. The minimum absolute atomic E-state index is 0.00410. The Balaban J connectivity index is 1.99. The fourth-order valence-electron chi connectivity index (χ4n) is 1.99. The minimum Gasteiger partial charge on any atom is -0.478 e. The normalized spacial score (nSPS) is 10.4. The van der Waals surface area contributed by atoms with Gasteiger partial charge in [-0.1, -0.05) is 23.7 Å². The van der Waals surface area contributed by atoms with Gasteiger partial charge < -0.3 is 10.4 Å². The summed E-state index contributed by atoms with van der Waals surface area (Å²) < 4.78 is 0. The molecule has 8 nitrogen and oxygen atoms in total. The second-order valence-corrected chi connectivity index (χ2v) is 5.95. The van der Waals surface area contributed by atoms with Crippen LogP contribution in [0.15, 0.2) is 48.5 Å². The van der Waals surface area contributed by atoms with Crippen LogP contribution in [0.5, 0.6) is 0 Å². The van der Waals surface area contributed by atoms with Gasteiger partial charge in [-0.15, -0.1) is 0 Å². The topological polar surface area (TPSA) is 122 Å². The summed E-state index contributed by atoms with van der Waals surface area (Å²) in [4.78, 5) is 33.1. The van der Waals surface area contributed by atoms with Crippen LogP contribution >= 0.6 is 23.8 Å². The zero-order valence-corrected chi connectivity index (χ0v) is 15.1. The summed E-state index contributed by atoms with van der Waals surface area (Å²) in [5.74, 6) is -1.66. The molecule has 0 bridgehead atoms. The standard InChI is InChI=1S/C17H12ClN3O5S/c18-13-6-4-10(8-14(13)21(25)26)5-7-15(22)20-17(27)19-12-3-1-2-11(9-12)16(23)24/h1-9H,(H,23,24)(H2,19,20,22,27). The summed E-state index contributed by atoms with van der Waals surface area (Å²) in [7, 11) is 0. The summed E-state index contributed by atoms with van der Waals surface area (Å²) in [5.41, 5.74) is 0.611. The van der Waals surface area contributed by atoms with Gasteiger partial charge in [-0.25, -0.2) is 4.79 Å². The molecule has 3 N–H and O–H groups in total. The Bertz CT molecular complexity index is 961. The van der Waals surface area contributed by atoms with E-state index in [1.165, 1.54) is 42.5 Å². The first-order chi connectivity index (χ1) is 12.8. The lowest BCUT2D eigenvalue weighted by Gasteiger charge is -2.08. The molecule has 0 saturated heterocycles. The average Bonchev–Trinajstić information content (AvgIpc) is 2.60. The number of carbonyl (C=O) groups is 2. The van der Waals surface area contributed by atoms with E-state index in [0.717, 1.165) is 6.08 Å². The lowest BCUT2D eigenvalue weighted by molar-refractivity contribution is -0.384. The first-order valence-electron chi connectivity index (χ1n) is 7.33. The van der Waals surface area contributed by atoms with Gasteiger partial charge in [-0.3, -0.25) is 20.2 Å². The molecule has 0 saturated carbocycles. The Morgan fingerprint density at radius 3 is 2.63 bits per heavy atom. The van der Waals surface area contributed by atoms with Gasteiger partial charge >= 0.3 is 5.97 Å². The van der Waals surface area contributed by atoms with Crippen LogP contribution in [0.3, 0.4) is 0 Å². The van der Waals surface area contributed by atoms with E-state index in [1.807, 2.05) is 0 Å². The highest BCUT2D eigenvalue weighted by molar-refractivity contribution is 7.80. The van der Waals surface area contributed by atoms with E-state index in [-0.39, 0.29) is 21.4 Å². The van der Waals surface area contributed by atoms with E-state index in [1.54, 1.807) is 6.07 Å². The van der Waals surface area contributed by atoms with Crippen molar-refractivity contribution in [1.29, 1.82) is 0 Å². The zero-order chi connectivity index (χ0) is 20.0. The van der Waals surface area contributed by atoms with E-state index in [9.17, 15) is 19.7 Å². The molecule has 0 unspecified atom stereocenters. The van der Waals surface area contributed by atoms with Crippen LogP contribution in [0.4, 0.5) is 11.4 Å². The molecule has 0 atom stereocenters. The van der Waals surface area contributed by atoms with Gasteiger partial charge in [0.05, 0.1) is 10.5 Å². The molecule has 138 valence electrons. The number of carboxylic acids is 1. The first kappa shape index (κ1) is 20.0. The van der Waals surface area contributed by atoms with Gasteiger partial charge in [0.25, 0.3) is 5.69 Å². The van der Waals surface area contributed by atoms with Gasteiger partial charge in [0.1, 0.15) is 5.02 Å². The molecule has 2 aromatic rings. The van der Waals surface area contributed by atoms with Gasteiger partial charge in [-0.2, -0.15) is 0 Å². The van der Waals surface area contributed by atoms with Crippen LogP contribution in [0, 0.1) is 10.1 Å². The summed E-state index contributed by atoms with van der Waals surface area (Å²) in [6, 6.07) is 10.0. The van der Waals surface area contributed by atoms with Crippen molar-refractivity contribution < 1.29 is 19.6 Å². The molecule has 2 aromatic carbocycles. The van der Waals surface area contributed by atoms with E-state index in [4.69, 9.17) is 28.9 Å². The molecule has 1 amide bonds. The Labute approximate surface area is 163 Å². The molecule has 0 aliphatic rings. The summed E-state index contributed by atoms with van der Waals surface area (Å²) >= 11 is 10.7. The SMILES string of the molecule is O=C(C=Cc1ccc(Cl)c([N+](=O)[O-])c1)NC(=S)Nc1cccc(C(=O)O)c1. The summed E-state index contributed by atoms with van der Waals surface area (Å²) in [6.07, 6.45) is 2.51. The van der Waals surface area contributed by atoms with Crippen molar-refractivity contribution in [2.75, 3.05) is 5.32 Å². The van der Waals surface area contributed by atoms with E-state index >= 15 is 0 Å². The number of halogens is 1. The number of amides is 1. The largest absolute Gasteiger partial charge is 0.478 e. The van der Waals surface area contributed by atoms with Crippen molar-refractivity contribution >= 4 is 58.3 Å². The molecule has 27 heavy (non-hydrogen) atoms. The third kappa shape index (κ3) is 5.87. The van der Waals surface area contributed by atoms with Crippen LogP contribution in [0.1, 0.15) is 15.9 Å². The highest BCUT2D eigenvalue weighted by atomic mass is 35.5. The molecular weight excluding hydrogens is 394 g/mol. The van der Waals surface area contributed by atoms with Crippen LogP contribution in [-0.2, 0) is 4.79 Å². The molecule has 10 heteroatoms. The number of carboxylic acid groups (broad SMARTS) is 1. The molecular formula is C17H12ClN3O5S. The highest BCUT2D eigenvalue weighted by Crippen LogP contribution is 2.25. The second kappa shape index (κ2) is 8.88. The molecule has 0 fully saturated rings. The molecule has 2 rings (SSSR count). The van der Waals surface area contributed by atoms with Crippen molar-refractivity contribution in [3.63, 3.8) is 0 Å². The third-order valence-corrected chi connectivity index (χ3v) is 3.72. The smallest absolute Gasteiger partial charge is 0.335 e. The summed E-state index contributed by atoms with van der Waals surface area (Å²) in [5, 5.41) is 24.8. The number of nitrogens with one attached hydrogen (secondary N) is 2. The van der Waals surface area contributed by atoms with Gasteiger partial charge in [0, 0.05) is 17.8 Å². The first-order valence-corrected chi connectivity index (χ1v) is 8.12. The number of benzene rings is 2. The maximum Gasteiger partial charge on any atom is 0.335 e. The van der Waals surface area contributed by atoms with Crippen molar-refractivity contribution in [2.45, 2.75) is 0 Å². The monoisotopic (exact) mass is 405 g/mol. The number of hydrogen-bond acceptors (Lipinski definition) is 5. The number of nitrogens with zero attached hydrogens (tertiary/aromatic N) is 1. The van der Waals surface area contributed by atoms with E-state index < -0.39 is 16.8 Å². The molecule has 0 radical (unpaired) electrons. The van der Waals surface area contributed by atoms with Crippen molar-refractivity contribution in [3.8, 4) is 0 Å². The van der Waals surface area contributed by atoms with Crippen molar-refractivity contribution in [1.82, 2.24) is 5.32 Å².